The number of unbranched alkanes of at least 4 members (excludes halogenated alkanes) is 2. The smallest absolute Gasteiger partial charge is 0.354 e. The summed E-state index contributed by atoms with van der Waals surface area (Å²) in [6.45, 7) is 4.19. The molecule has 0 aliphatic rings. The van der Waals surface area contributed by atoms with Crippen molar-refractivity contribution in [2.75, 3.05) is 25.6 Å². The summed E-state index contributed by atoms with van der Waals surface area (Å²) in [5.74, 6) is -0.320. The average Bonchev–Trinajstić information content (AvgIpc) is 2.87. The molecule has 2 aromatic carbocycles. The van der Waals surface area contributed by atoms with Crippen LogP contribution in [-0.2, 0) is 28.0 Å². The van der Waals surface area contributed by atoms with Gasteiger partial charge in [0.1, 0.15) is 0 Å². The summed E-state index contributed by atoms with van der Waals surface area (Å²) in [6.07, 6.45) is 3.08. The van der Waals surface area contributed by atoms with Crippen LogP contribution in [0.25, 0.3) is 21.8 Å². The van der Waals surface area contributed by atoms with Crippen LogP contribution in [-0.4, -0.2) is 43.9 Å². The number of aromatic amines is 1. The SMILES string of the molecule is CCCCOP(=O)(OCCCC)OCCCS(=O)(=O)c1ccc2[nH]c3ccc([N+](=O)[O-])cc3c(=O)c2c1. The molecule has 0 amide bonds. The van der Waals surface area contributed by atoms with E-state index in [-0.39, 0.29) is 53.3 Å². The van der Waals surface area contributed by atoms with E-state index in [0.717, 1.165) is 18.9 Å². The van der Waals surface area contributed by atoms with Crippen molar-refractivity contribution in [1.29, 1.82) is 0 Å². The van der Waals surface area contributed by atoms with E-state index < -0.39 is 28.0 Å². The fourth-order valence-electron chi connectivity index (χ4n) is 3.54. The Morgan fingerprint density at radius 2 is 1.43 bits per heavy atom. The molecule has 1 aromatic heterocycles. The maximum absolute atomic E-state index is 13.0. The Balaban J connectivity index is 1.74. The zero-order valence-corrected chi connectivity index (χ0v) is 22.5. The summed E-state index contributed by atoms with van der Waals surface area (Å²) in [6, 6.07) is 8.02. The van der Waals surface area contributed by atoms with Crippen molar-refractivity contribution in [2.45, 2.75) is 50.8 Å². The van der Waals surface area contributed by atoms with Gasteiger partial charge in [0.15, 0.2) is 15.3 Å². The first-order valence-corrected chi connectivity index (χ1v) is 15.2. The highest BCUT2D eigenvalue weighted by molar-refractivity contribution is 7.91. The van der Waals surface area contributed by atoms with E-state index in [1.54, 1.807) is 0 Å². The van der Waals surface area contributed by atoms with Crippen LogP contribution < -0.4 is 5.43 Å². The monoisotopic (exact) mass is 554 g/mol. The number of phosphoric ester groups is 1. The fraction of sp³-hybridized carbons (Fsp3) is 0.458. The molecule has 1 heterocycles. The Morgan fingerprint density at radius 3 is 2.00 bits per heavy atom. The molecule has 3 aromatic rings. The molecule has 0 radical (unpaired) electrons. The standard InChI is InChI=1S/C24H31N2O9PS/c1-3-5-12-33-36(30,34-13-6-4-2)35-14-7-15-37(31,32)19-9-11-23-21(17-19)24(27)20-16-18(26(28)29)8-10-22(20)25-23/h8-11,16-17H,3-7,12-15H2,1-2H3,(H,25,27). The van der Waals surface area contributed by atoms with Crippen molar-refractivity contribution in [1.82, 2.24) is 4.98 Å². The number of nitrogens with zero attached hydrogens (tertiary/aromatic N) is 1. The lowest BCUT2D eigenvalue weighted by atomic mass is 10.1. The normalized spacial score (nSPS) is 12.4. The number of non-ortho nitro benzene ring substituents is 1. The average molecular weight is 555 g/mol. The van der Waals surface area contributed by atoms with E-state index in [0.29, 0.717) is 23.9 Å². The van der Waals surface area contributed by atoms with Crippen molar-refractivity contribution in [3.8, 4) is 0 Å². The summed E-state index contributed by atoms with van der Waals surface area (Å²) < 4.78 is 54.7. The number of nitro benzene ring substituents is 1. The molecule has 0 spiro atoms. The van der Waals surface area contributed by atoms with Gasteiger partial charge in [-0.2, -0.15) is 0 Å². The highest BCUT2D eigenvalue weighted by atomic mass is 32.2. The van der Waals surface area contributed by atoms with Gasteiger partial charge in [-0.05, 0) is 43.5 Å². The van der Waals surface area contributed by atoms with Crippen LogP contribution in [0.5, 0.6) is 0 Å². The maximum Gasteiger partial charge on any atom is 0.474 e. The van der Waals surface area contributed by atoms with Gasteiger partial charge < -0.3 is 4.98 Å². The van der Waals surface area contributed by atoms with Crippen LogP contribution in [0.15, 0.2) is 46.1 Å². The molecule has 0 fully saturated rings. The second kappa shape index (κ2) is 12.7. The number of hydrogen-bond donors (Lipinski definition) is 1. The molecule has 0 saturated heterocycles. The highest BCUT2D eigenvalue weighted by Gasteiger charge is 2.27. The van der Waals surface area contributed by atoms with Crippen LogP contribution in [0.1, 0.15) is 46.0 Å². The molecule has 0 bridgehead atoms. The zero-order valence-electron chi connectivity index (χ0n) is 20.8. The Bertz CT molecular complexity index is 1460. The van der Waals surface area contributed by atoms with E-state index in [1.807, 2.05) is 13.8 Å². The van der Waals surface area contributed by atoms with E-state index in [9.17, 15) is 27.9 Å². The molecule has 3 rings (SSSR count). The zero-order chi connectivity index (χ0) is 27.1. The van der Waals surface area contributed by atoms with Gasteiger partial charge in [-0.3, -0.25) is 28.5 Å². The van der Waals surface area contributed by atoms with Gasteiger partial charge in [0, 0.05) is 23.0 Å². The van der Waals surface area contributed by atoms with Crippen LogP contribution in [0.3, 0.4) is 0 Å². The molecule has 11 nitrogen and oxygen atoms in total. The third-order valence-corrected chi connectivity index (χ3v) is 8.92. The van der Waals surface area contributed by atoms with Crippen LogP contribution in [0.2, 0.25) is 0 Å². The lowest BCUT2D eigenvalue weighted by molar-refractivity contribution is -0.384. The van der Waals surface area contributed by atoms with Crippen LogP contribution in [0.4, 0.5) is 5.69 Å². The van der Waals surface area contributed by atoms with Gasteiger partial charge in [-0.15, -0.1) is 0 Å². The van der Waals surface area contributed by atoms with Crippen LogP contribution in [0, 0.1) is 10.1 Å². The van der Waals surface area contributed by atoms with Crippen LogP contribution >= 0.6 is 7.82 Å². The van der Waals surface area contributed by atoms with E-state index in [1.165, 1.54) is 30.3 Å². The number of nitro groups is 1. The van der Waals surface area contributed by atoms with Crippen molar-refractivity contribution in [2.24, 2.45) is 0 Å². The fourth-order valence-corrected chi connectivity index (χ4v) is 6.13. The Hall–Kier alpha value is -2.63. The number of aromatic nitrogens is 1. The topological polar surface area (TPSA) is 155 Å². The van der Waals surface area contributed by atoms with E-state index >= 15 is 0 Å². The molecule has 1 N–H and O–H groups in total. The minimum atomic E-state index is -3.82. The van der Waals surface area contributed by atoms with E-state index in [4.69, 9.17) is 13.6 Å². The summed E-state index contributed by atoms with van der Waals surface area (Å²) in [7, 11) is -7.61. The van der Waals surface area contributed by atoms with Crippen molar-refractivity contribution >= 4 is 45.2 Å². The lowest BCUT2D eigenvalue weighted by Gasteiger charge is -2.18. The summed E-state index contributed by atoms with van der Waals surface area (Å²) in [5.41, 5.74) is 0.0589. The molecular formula is C24H31N2O9PS. The largest absolute Gasteiger partial charge is 0.474 e. The predicted octanol–water partition coefficient (Wildman–Crippen LogP) is 5.51. The van der Waals surface area contributed by atoms with Gasteiger partial charge in [0.2, 0.25) is 0 Å². The van der Waals surface area contributed by atoms with Gasteiger partial charge in [-0.1, -0.05) is 26.7 Å². The molecule has 0 saturated carbocycles. The summed E-state index contributed by atoms with van der Waals surface area (Å²) >= 11 is 0. The number of H-pyrrole nitrogens is 1. The van der Waals surface area contributed by atoms with Crippen molar-refractivity contribution in [3.63, 3.8) is 0 Å². The van der Waals surface area contributed by atoms with Crippen molar-refractivity contribution < 1.29 is 31.5 Å². The molecule has 0 aliphatic carbocycles. The quantitative estimate of drug-likeness (QED) is 0.0841. The van der Waals surface area contributed by atoms with Gasteiger partial charge >= 0.3 is 7.82 Å². The number of hydrogen-bond acceptors (Lipinski definition) is 9. The molecule has 13 heteroatoms. The van der Waals surface area contributed by atoms with Gasteiger partial charge in [0.25, 0.3) is 5.69 Å². The number of sulfone groups is 1. The van der Waals surface area contributed by atoms with Gasteiger partial charge in [-0.25, -0.2) is 13.0 Å². The number of phosphoric acid groups is 1. The predicted molar refractivity (Wildman–Crippen MR) is 141 cm³/mol. The molecule has 0 atom stereocenters. The number of rotatable bonds is 15. The number of fused-ring (bicyclic) bond motifs is 2. The number of pyridine rings is 1. The molecule has 202 valence electrons. The second-order valence-corrected chi connectivity index (χ2v) is 12.3. The van der Waals surface area contributed by atoms with Gasteiger partial charge in [0.05, 0.1) is 46.3 Å². The molecule has 0 aliphatic heterocycles. The first kappa shape index (κ1) is 28.9. The molecule has 0 unspecified atom stereocenters. The first-order chi connectivity index (χ1) is 17.6. The first-order valence-electron chi connectivity index (χ1n) is 12.1. The minimum Gasteiger partial charge on any atom is -0.354 e. The highest BCUT2D eigenvalue weighted by Crippen LogP contribution is 2.49. The molecule has 37 heavy (non-hydrogen) atoms. The summed E-state index contributed by atoms with van der Waals surface area (Å²) in [5, 5.41) is 11.3. The Labute approximate surface area is 214 Å². The third-order valence-electron chi connectivity index (χ3n) is 5.62. The lowest BCUT2D eigenvalue weighted by Crippen LogP contribution is -2.12. The third kappa shape index (κ3) is 7.45. The Morgan fingerprint density at radius 1 is 0.892 bits per heavy atom. The summed E-state index contributed by atoms with van der Waals surface area (Å²) in [4.78, 5) is 26.4. The van der Waals surface area contributed by atoms with Crippen molar-refractivity contribution in [3.05, 3.63) is 56.7 Å². The van der Waals surface area contributed by atoms with E-state index in [2.05, 4.69) is 4.98 Å². The second-order valence-electron chi connectivity index (χ2n) is 8.47. The number of nitrogens with one attached hydrogen (secondary N) is 1. The number of benzene rings is 2. The Kier molecular flexibility index (Phi) is 9.97. The maximum atomic E-state index is 13.0. The minimum absolute atomic E-state index is 0.0267. The molecular weight excluding hydrogens is 523 g/mol.